The van der Waals surface area contributed by atoms with Crippen LogP contribution in [0.3, 0.4) is 0 Å². The summed E-state index contributed by atoms with van der Waals surface area (Å²) in [7, 11) is 1.41. The average molecular weight is 351 g/mol. The smallest absolute Gasteiger partial charge is 0.327 e. The summed E-state index contributed by atoms with van der Waals surface area (Å²) < 4.78 is -1.51. The maximum absolute atomic E-state index is 12.3. The lowest BCUT2D eigenvalue weighted by molar-refractivity contribution is -0.158. The fourth-order valence-electron chi connectivity index (χ4n) is 2.56. The zero-order valence-corrected chi connectivity index (χ0v) is 13.4. The van der Waals surface area contributed by atoms with Crippen LogP contribution in [0.25, 0.3) is 0 Å². The van der Waals surface area contributed by atoms with E-state index in [2.05, 4.69) is 21.1 Å². The predicted octanol–water partition coefficient (Wildman–Crippen LogP) is 1.29. The quantitative estimate of drug-likeness (QED) is 0.359. The van der Waals surface area contributed by atoms with Crippen LogP contribution >= 0.6 is 27.7 Å². The third kappa shape index (κ3) is 1.79. The maximum atomic E-state index is 12.3. The zero-order chi connectivity index (χ0) is 14.6. The first-order valence-corrected chi connectivity index (χ1v) is 7.35. The molecule has 0 aromatic carbocycles. The molecule has 0 unspecified atom stereocenters. The maximum Gasteiger partial charge on any atom is 0.327 e. The molecule has 0 aromatic heterocycles. The molecule has 1 N–H and O–H groups in total. The van der Waals surface area contributed by atoms with Gasteiger partial charge in [0.2, 0.25) is 5.91 Å². The van der Waals surface area contributed by atoms with Gasteiger partial charge in [0.1, 0.15) is 18.5 Å². The number of amides is 1. The van der Waals surface area contributed by atoms with Crippen LogP contribution in [-0.4, -0.2) is 55.2 Å². The minimum absolute atomic E-state index is 0.277. The molecular formula is C11H15BrN2O4S. The standard InChI is InChI=1S/C11H15BrN2O4S/c1-5(13-18-4)11(12)8(17)14-6(7(15)16)10(2,3)19-9(11)14/h6,9H,1-4H3,(H,15,16)/b13-5-/t6-,9+,11-/m0/s1. The Morgan fingerprint density at radius 1 is 1.58 bits per heavy atom. The van der Waals surface area contributed by atoms with Crippen LogP contribution in [0.1, 0.15) is 20.8 Å². The molecule has 0 aliphatic carbocycles. The average Bonchev–Trinajstić information content (AvgIpc) is 2.58. The number of carbonyl (C=O) groups excluding carboxylic acids is 1. The summed E-state index contributed by atoms with van der Waals surface area (Å²) in [6.45, 7) is 5.35. The number of aliphatic carboxylic acids is 1. The first kappa shape index (κ1) is 14.6. The van der Waals surface area contributed by atoms with Crippen molar-refractivity contribution in [1.82, 2.24) is 4.90 Å². The molecule has 2 aliphatic rings. The van der Waals surface area contributed by atoms with Crippen molar-refractivity contribution in [3.05, 3.63) is 0 Å². The lowest BCUT2D eigenvalue weighted by atomic mass is 9.88. The summed E-state index contributed by atoms with van der Waals surface area (Å²) in [6.07, 6.45) is 0. The van der Waals surface area contributed by atoms with Crippen molar-refractivity contribution >= 4 is 45.3 Å². The molecule has 1 amide bonds. The summed E-state index contributed by atoms with van der Waals surface area (Å²) >= 11 is 4.88. The molecule has 2 saturated heterocycles. The summed E-state index contributed by atoms with van der Waals surface area (Å²) in [5, 5.41) is 12.8. The SMILES string of the molecule is CO/N=C(/C)[C@]1(Br)C(=O)N2[C@@H](C(=O)O)C(C)(C)S[C@@H]21. The lowest BCUT2D eigenvalue weighted by Crippen LogP contribution is -2.73. The van der Waals surface area contributed by atoms with Gasteiger partial charge in [-0.15, -0.1) is 11.8 Å². The third-order valence-electron chi connectivity index (χ3n) is 3.48. The Hall–Kier alpha value is -0.760. The lowest BCUT2D eigenvalue weighted by Gasteiger charge is -2.49. The molecule has 2 fully saturated rings. The number of β-lactam (4-membered cyclic amide) rings is 1. The van der Waals surface area contributed by atoms with E-state index < -0.39 is 21.1 Å². The van der Waals surface area contributed by atoms with E-state index in [0.717, 1.165) is 0 Å². The van der Waals surface area contributed by atoms with Gasteiger partial charge in [-0.3, -0.25) is 4.79 Å². The highest BCUT2D eigenvalue weighted by Gasteiger charge is 2.72. The van der Waals surface area contributed by atoms with Gasteiger partial charge in [-0.25, -0.2) is 4.79 Å². The molecule has 0 spiro atoms. The first-order chi connectivity index (χ1) is 8.67. The van der Waals surface area contributed by atoms with E-state index in [0.29, 0.717) is 5.71 Å². The number of rotatable bonds is 3. The Balaban J connectivity index is 2.38. The summed E-state index contributed by atoms with van der Waals surface area (Å²) in [4.78, 5) is 29.9. The van der Waals surface area contributed by atoms with Gasteiger partial charge in [-0.1, -0.05) is 21.1 Å². The summed E-state index contributed by atoms with van der Waals surface area (Å²) in [5.74, 6) is -1.26. The normalized spacial score (nSPS) is 36.8. The highest BCUT2D eigenvalue weighted by molar-refractivity contribution is 9.10. The number of halogens is 1. The van der Waals surface area contributed by atoms with E-state index in [1.165, 1.54) is 23.8 Å². The number of carbonyl (C=O) groups is 2. The van der Waals surface area contributed by atoms with Crippen LogP contribution in [-0.2, 0) is 14.4 Å². The van der Waals surface area contributed by atoms with Crippen molar-refractivity contribution in [2.75, 3.05) is 7.11 Å². The van der Waals surface area contributed by atoms with Crippen molar-refractivity contribution in [2.24, 2.45) is 5.16 Å². The van der Waals surface area contributed by atoms with E-state index in [1.54, 1.807) is 6.92 Å². The molecule has 2 rings (SSSR count). The minimum Gasteiger partial charge on any atom is -0.480 e. The number of carboxylic acid groups (broad SMARTS) is 1. The second kappa shape index (κ2) is 4.37. The molecule has 2 aliphatic heterocycles. The van der Waals surface area contributed by atoms with Crippen molar-refractivity contribution in [2.45, 2.75) is 41.3 Å². The third-order valence-corrected chi connectivity index (χ3v) is 6.76. The Morgan fingerprint density at radius 3 is 2.63 bits per heavy atom. The topological polar surface area (TPSA) is 79.2 Å². The fraction of sp³-hybridized carbons (Fsp3) is 0.727. The molecule has 6 nitrogen and oxygen atoms in total. The molecule has 0 saturated carbocycles. The number of hydrogen-bond acceptors (Lipinski definition) is 5. The van der Waals surface area contributed by atoms with E-state index in [4.69, 9.17) is 4.84 Å². The highest BCUT2D eigenvalue weighted by atomic mass is 79.9. The van der Waals surface area contributed by atoms with Crippen molar-refractivity contribution in [3.8, 4) is 0 Å². The Kier molecular flexibility index (Phi) is 3.37. The number of fused-ring (bicyclic) bond motifs is 1. The zero-order valence-electron chi connectivity index (χ0n) is 11.0. The second-order valence-corrected chi connectivity index (χ2v) is 8.08. The molecule has 0 radical (unpaired) electrons. The van der Waals surface area contributed by atoms with E-state index in [9.17, 15) is 14.7 Å². The Bertz CT molecular complexity index is 481. The van der Waals surface area contributed by atoms with Gasteiger partial charge in [0.25, 0.3) is 0 Å². The van der Waals surface area contributed by atoms with E-state index in [1.807, 2.05) is 13.8 Å². The van der Waals surface area contributed by atoms with Crippen LogP contribution in [0.15, 0.2) is 5.16 Å². The van der Waals surface area contributed by atoms with Crippen LogP contribution in [0.5, 0.6) is 0 Å². The highest BCUT2D eigenvalue weighted by Crippen LogP contribution is 2.58. The van der Waals surface area contributed by atoms with Crippen molar-refractivity contribution < 1.29 is 19.5 Å². The second-order valence-electron chi connectivity index (χ2n) is 5.10. The van der Waals surface area contributed by atoms with Crippen molar-refractivity contribution in [1.29, 1.82) is 0 Å². The Labute approximate surface area is 123 Å². The summed E-state index contributed by atoms with van der Waals surface area (Å²) in [5.41, 5.74) is 0.496. The van der Waals surface area contributed by atoms with E-state index >= 15 is 0 Å². The van der Waals surface area contributed by atoms with E-state index in [-0.39, 0.29) is 11.3 Å². The van der Waals surface area contributed by atoms with Gasteiger partial charge < -0.3 is 14.8 Å². The van der Waals surface area contributed by atoms with Gasteiger partial charge in [-0.05, 0) is 20.8 Å². The fourth-order valence-corrected chi connectivity index (χ4v) is 5.02. The number of nitrogens with zero attached hydrogens (tertiary/aromatic N) is 2. The Morgan fingerprint density at radius 2 is 2.16 bits per heavy atom. The van der Waals surface area contributed by atoms with Gasteiger partial charge in [-0.2, -0.15) is 0 Å². The van der Waals surface area contributed by atoms with Crippen molar-refractivity contribution in [3.63, 3.8) is 0 Å². The van der Waals surface area contributed by atoms with Gasteiger partial charge in [0.05, 0.1) is 5.71 Å². The van der Waals surface area contributed by atoms with Gasteiger partial charge in [0, 0.05) is 4.75 Å². The molecular weight excluding hydrogens is 336 g/mol. The molecule has 106 valence electrons. The molecule has 19 heavy (non-hydrogen) atoms. The van der Waals surface area contributed by atoms with Crippen LogP contribution in [0.2, 0.25) is 0 Å². The van der Waals surface area contributed by atoms with Gasteiger partial charge in [0.15, 0.2) is 4.32 Å². The molecule has 0 bridgehead atoms. The number of hydrogen-bond donors (Lipinski definition) is 1. The van der Waals surface area contributed by atoms with Crippen LogP contribution < -0.4 is 0 Å². The minimum atomic E-state index is -0.982. The van der Waals surface area contributed by atoms with Gasteiger partial charge >= 0.3 is 5.97 Å². The van der Waals surface area contributed by atoms with Crippen LogP contribution in [0.4, 0.5) is 0 Å². The summed E-state index contributed by atoms with van der Waals surface area (Å²) in [6, 6.07) is -0.823. The number of thioether (sulfide) groups is 1. The monoisotopic (exact) mass is 350 g/mol. The molecule has 3 atom stereocenters. The molecule has 0 aromatic rings. The number of carboxylic acids is 1. The predicted molar refractivity (Wildman–Crippen MR) is 75.5 cm³/mol. The molecule has 8 heteroatoms. The van der Waals surface area contributed by atoms with Crippen LogP contribution in [0, 0.1) is 0 Å². The molecule has 2 heterocycles. The number of oxime groups is 1. The largest absolute Gasteiger partial charge is 0.480 e. The number of alkyl halides is 1. The first-order valence-electron chi connectivity index (χ1n) is 5.68.